The van der Waals surface area contributed by atoms with Crippen LogP contribution in [0.2, 0.25) is 0 Å². The molecule has 0 amide bonds. The highest BCUT2D eigenvalue weighted by Crippen LogP contribution is 2.36. The van der Waals surface area contributed by atoms with Gasteiger partial charge in [-0.2, -0.15) is 13.2 Å². The summed E-state index contributed by atoms with van der Waals surface area (Å²) in [4.78, 5) is 0.710. The Balaban J connectivity index is 3.11. The molecule has 1 aromatic carbocycles. The number of hydrogen-bond acceptors (Lipinski definition) is 2. The van der Waals surface area contributed by atoms with Gasteiger partial charge < -0.3 is 4.74 Å². The molecular formula is C11H13F3OS. The zero-order valence-electron chi connectivity index (χ0n) is 9.26. The molecule has 0 fully saturated rings. The molecule has 1 aromatic rings. The normalized spacial score (nSPS) is 11.9. The Kier molecular flexibility index (Phi) is 4.13. The van der Waals surface area contributed by atoms with Crippen molar-refractivity contribution in [1.82, 2.24) is 0 Å². The summed E-state index contributed by atoms with van der Waals surface area (Å²) >= 11 is 1.36. The molecule has 1 rings (SSSR count). The maximum absolute atomic E-state index is 12.5. The lowest BCUT2D eigenvalue weighted by atomic mass is 10.2. The summed E-state index contributed by atoms with van der Waals surface area (Å²) in [5.74, 6) is 0.289. The number of halogens is 3. The molecule has 0 spiro atoms. The van der Waals surface area contributed by atoms with Crippen LogP contribution in [0.3, 0.4) is 0 Å². The first-order valence-electron chi connectivity index (χ1n) is 4.76. The van der Waals surface area contributed by atoms with E-state index in [0.717, 1.165) is 12.1 Å². The number of benzene rings is 1. The molecule has 0 saturated heterocycles. The van der Waals surface area contributed by atoms with E-state index in [1.54, 1.807) is 20.1 Å². The number of alkyl halides is 3. The number of rotatable bonds is 3. The standard InChI is InChI=1S/C11H13F3OS/c1-7(2)15-9-6-8(11(12,13)14)4-5-10(9)16-3/h4-7H,1-3H3. The lowest BCUT2D eigenvalue weighted by molar-refractivity contribution is -0.137. The third-order valence-electron chi connectivity index (χ3n) is 1.85. The molecule has 0 aliphatic heterocycles. The summed E-state index contributed by atoms with van der Waals surface area (Å²) in [6, 6.07) is 3.55. The molecule has 90 valence electrons. The van der Waals surface area contributed by atoms with Crippen LogP contribution >= 0.6 is 11.8 Å². The van der Waals surface area contributed by atoms with Crippen LogP contribution < -0.4 is 4.74 Å². The van der Waals surface area contributed by atoms with Crippen molar-refractivity contribution in [1.29, 1.82) is 0 Å². The van der Waals surface area contributed by atoms with Crippen molar-refractivity contribution in [3.8, 4) is 5.75 Å². The Labute approximate surface area is 97.0 Å². The van der Waals surface area contributed by atoms with E-state index >= 15 is 0 Å². The molecule has 0 radical (unpaired) electrons. The second kappa shape index (κ2) is 4.99. The highest BCUT2D eigenvalue weighted by atomic mass is 32.2. The Morgan fingerprint density at radius 2 is 1.88 bits per heavy atom. The first-order valence-corrected chi connectivity index (χ1v) is 5.99. The quantitative estimate of drug-likeness (QED) is 0.743. The van der Waals surface area contributed by atoms with E-state index in [1.807, 2.05) is 0 Å². The van der Waals surface area contributed by atoms with Crippen LogP contribution in [0.1, 0.15) is 19.4 Å². The zero-order chi connectivity index (χ0) is 12.3. The van der Waals surface area contributed by atoms with Crippen LogP contribution in [-0.4, -0.2) is 12.4 Å². The predicted octanol–water partition coefficient (Wildman–Crippen LogP) is 4.21. The van der Waals surface area contributed by atoms with Gasteiger partial charge in [-0.25, -0.2) is 0 Å². The van der Waals surface area contributed by atoms with Crippen molar-refractivity contribution in [3.05, 3.63) is 23.8 Å². The van der Waals surface area contributed by atoms with Gasteiger partial charge in [0.05, 0.1) is 11.7 Å². The van der Waals surface area contributed by atoms with Gasteiger partial charge in [0.1, 0.15) is 5.75 Å². The van der Waals surface area contributed by atoms with Gasteiger partial charge >= 0.3 is 6.18 Å². The van der Waals surface area contributed by atoms with E-state index in [-0.39, 0.29) is 11.9 Å². The van der Waals surface area contributed by atoms with Crippen molar-refractivity contribution in [2.24, 2.45) is 0 Å². The predicted molar refractivity (Wildman–Crippen MR) is 59.0 cm³/mol. The molecule has 0 aromatic heterocycles. The molecule has 0 aliphatic rings. The van der Waals surface area contributed by atoms with Gasteiger partial charge in [-0.15, -0.1) is 11.8 Å². The van der Waals surface area contributed by atoms with Crippen LogP contribution in [0.15, 0.2) is 23.1 Å². The van der Waals surface area contributed by atoms with E-state index in [0.29, 0.717) is 4.90 Å². The van der Waals surface area contributed by atoms with Gasteiger partial charge in [0.2, 0.25) is 0 Å². The summed E-state index contributed by atoms with van der Waals surface area (Å²) in [7, 11) is 0. The maximum Gasteiger partial charge on any atom is 0.416 e. The molecule has 5 heteroatoms. The first kappa shape index (κ1) is 13.2. The van der Waals surface area contributed by atoms with Gasteiger partial charge in [0.25, 0.3) is 0 Å². The first-order chi connectivity index (χ1) is 7.34. The average molecular weight is 250 g/mol. The lowest BCUT2D eigenvalue weighted by Crippen LogP contribution is -2.09. The summed E-state index contributed by atoms with van der Waals surface area (Å²) in [5.41, 5.74) is -0.680. The monoisotopic (exact) mass is 250 g/mol. The fourth-order valence-corrected chi connectivity index (χ4v) is 1.71. The van der Waals surface area contributed by atoms with E-state index in [4.69, 9.17) is 4.74 Å². The fraction of sp³-hybridized carbons (Fsp3) is 0.455. The van der Waals surface area contributed by atoms with E-state index in [1.165, 1.54) is 17.8 Å². The van der Waals surface area contributed by atoms with Crippen molar-refractivity contribution < 1.29 is 17.9 Å². The third kappa shape index (κ3) is 3.33. The van der Waals surface area contributed by atoms with E-state index in [9.17, 15) is 13.2 Å². The molecule has 0 unspecified atom stereocenters. The van der Waals surface area contributed by atoms with Crippen molar-refractivity contribution in [2.45, 2.75) is 31.0 Å². The summed E-state index contributed by atoms with van der Waals surface area (Å²) in [6.07, 6.45) is -2.67. The zero-order valence-corrected chi connectivity index (χ0v) is 10.1. The summed E-state index contributed by atoms with van der Waals surface area (Å²) in [6.45, 7) is 3.56. The minimum atomic E-state index is -4.33. The highest BCUT2D eigenvalue weighted by Gasteiger charge is 2.31. The topological polar surface area (TPSA) is 9.23 Å². The number of ether oxygens (including phenoxy) is 1. The van der Waals surface area contributed by atoms with Gasteiger partial charge in [-0.1, -0.05) is 0 Å². The molecule has 0 aliphatic carbocycles. The van der Waals surface area contributed by atoms with Crippen LogP contribution in [0.4, 0.5) is 13.2 Å². The van der Waals surface area contributed by atoms with Gasteiger partial charge in [0.15, 0.2) is 0 Å². The molecule has 0 N–H and O–H groups in total. The Bertz CT molecular complexity index is 361. The lowest BCUT2D eigenvalue weighted by Gasteiger charge is -2.15. The van der Waals surface area contributed by atoms with Gasteiger partial charge in [-0.3, -0.25) is 0 Å². The molecule has 1 nitrogen and oxygen atoms in total. The van der Waals surface area contributed by atoms with Crippen LogP contribution in [0, 0.1) is 0 Å². The summed E-state index contributed by atoms with van der Waals surface area (Å²) < 4.78 is 42.8. The molecule has 16 heavy (non-hydrogen) atoms. The number of thioether (sulfide) groups is 1. The summed E-state index contributed by atoms with van der Waals surface area (Å²) in [5, 5.41) is 0. The smallest absolute Gasteiger partial charge is 0.416 e. The Hall–Kier alpha value is -0.840. The van der Waals surface area contributed by atoms with Gasteiger partial charge in [0, 0.05) is 4.90 Å². The largest absolute Gasteiger partial charge is 0.490 e. The average Bonchev–Trinajstić information content (AvgIpc) is 2.15. The SMILES string of the molecule is CSc1ccc(C(F)(F)F)cc1OC(C)C. The molecule has 0 heterocycles. The van der Waals surface area contributed by atoms with Crippen LogP contribution in [0.5, 0.6) is 5.75 Å². The minimum Gasteiger partial charge on any atom is -0.490 e. The maximum atomic E-state index is 12.5. The minimum absolute atomic E-state index is 0.144. The van der Waals surface area contributed by atoms with Crippen LogP contribution in [0.25, 0.3) is 0 Å². The number of hydrogen-bond donors (Lipinski definition) is 0. The highest BCUT2D eigenvalue weighted by molar-refractivity contribution is 7.98. The molecular weight excluding hydrogens is 237 g/mol. The van der Waals surface area contributed by atoms with E-state index < -0.39 is 11.7 Å². The fourth-order valence-electron chi connectivity index (χ4n) is 1.20. The second-order valence-corrected chi connectivity index (χ2v) is 4.38. The van der Waals surface area contributed by atoms with Crippen molar-refractivity contribution in [3.63, 3.8) is 0 Å². The van der Waals surface area contributed by atoms with Crippen molar-refractivity contribution >= 4 is 11.8 Å². The Morgan fingerprint density at radius 3 is 2.31 bits per heavy atom. The third-order valence-corrected chi connectivity index (χ3v) is 2.63. The molecule has 0 saturated carbocycles. The Morgan fingerprint density at radius 1 is 1.25 bits per heavy atom. The van der Waals surface area contributed by atoms with Gasteiger partial charge in [-0.05, 0) is 38.3 Å². The molecule has 0 bridgehead atoms. The van der Waals surface area contributed by atoms with E-state index in [2.05, 4.69) is 0 Å². The molecule has 0 atom stereocenters. The van der Waals surface area contributed by atoms with Crippen LogP contribution in [-0.2, 0) is 6.18 Å². The van der Waals surface area contributed by atoms with Crippen molar-refractivity contribution in [2.75, 3.05) is 6.26 Å². The second-order valence-electron chi connectivity index (χ2n) is 3.53.